The van der Waals surface area contributed by atoms with Crippen molar-refractivity contribution in [3.05, 3.63) is 0 Å². The molecule has 1 aliphatic carbocycles. The lowest BCUT2D eigenvalue weighted by Crippen LogP contribution is -2.18. The van der Waals surface area contributed by atoms with E-state index in [-0.39, 0.29) is 0 Å². The van der Waals surface area contributed by atoms with E-state index >= 15 is 0 Å². The first-order valence-corrected chi connectivity index (χ1v) is 8.50. The van der Waals surface area contributed by atoms with Crippen LogP contribution in [0, 0.1) is 0 Å². The van der Waals surface area contributed by atoms with Crippen LogP contribution in [0.4, 0.5) is 0 Å². The van der Waals surface area contributed by atoms with Crippen molar-refractivity contribution < 1.29 is 4.74 Å². The molecule has 0 aromatic rings. The fourth-order valence-electron chi connectivity index (χ4n) is 2.57. The van der Waals surface area contributed by atoms with Crippen molar-refractivity contribution in [3.8, 4) is 0 Å². The van der Waals surface area contributed by atoms with Crippen molar-refractivity contribution in [3.63, 3.8) is 0 Å². The number of nitrogens with one attached hydrogen (secondary N) is 1. The zero-order chi connectivity index (χ0) is 12.9. The molecule has 18 heavy (non-hydrogen) atoms. The molecule has 0 atom stereocenters. The number of hydrogen-bond donors (Lipinski definition) is 2. The predicted molar refractivity (Wildman–Crippen MR) is 82.6 cm³/mol. The quantitative estimate of drug-likeness (QED) is 0.492. The minimum atomic E-state index is 0.563. The molecular weight excluding hydrogens is 242 g/mol. The van der Waals surface area contributed by atoms with E-state index in [1.165, 1.54) is 64.2 Å². The van der Waals surface area contributed by atoms with Crippen LogP contribution in [0.3, 0.4) is 0 Å². The summed E-state index contributed by atoms with van der Waals surface area (Å²) in [6.45, 7) is 3.13. The van der Waals surface area contributed by atoms with Gasteiger partial charge in [-0.25, -0.2) is 0 Å². The van der Waals surface area contributed by atoms with E-state index < -0.39 is 0 Å². The van der Waals surface area contributed by atoms with Gasteiger partial charge in [-0.1, -0.05) is 32.1 Å². The van der Waals surface area contributed by atoms with Gasteiger partial charge in [0.15, 0.2) is 0 Å². The normalized spacial score (nSPS) is 18.5. The van der Waals surface area contributed by atoms with Crippen LogP contribution >= 0.6 is 12.6 Å². The van der Waals surface area contributed by atoms with Gasteiger partial charge in [0, 0.05) is 18.9 Å². The molecule has 0 amide bonds. The molecule has 0 aromatic carbocycles. The highest BCUT2D eigenvalue weighted by molar-refractivity contribution is 7.80. The Hall–Kier alpha value is 0.270. The molecule has 0 radical (unpaired) electrons. The Labute approximate surface area is 119 Å². The molecule has 0 aromatic heterocycles. The van der Waals surface area contributed by atoms with Crippen LogP contribution < -0.4 is 5.32 Å². The van der Waals surface area contributed by atoms with Gasteiger partial charge < -0.3 is 10.1 Å². The van der Waals surface area contributed by atoms with E-state index in [0.29, 0.717) is 6.10 Å². The number of rotatable bonds is 9. The van der Waals surface area contributed by atoms with Crippen molar-refractivity contribution in [2.75, 3.05) is 25.4 Å². The zero-order valence-electron chi connectivity index (χ0n) is 11.8. The third-order valence-electron chi connectivity index (χ3n) is 3.69. The highest BCUT2D eigenvalue weighted by Gasteiger charge is 2.10. The van der Waals surface area contributed by atoms with E-state index in [2.05, 4.69) is 17.9 Å². The molecule has 2 nitrogen and oxygen atoms in total. The third-order valence-corrected chi connectivity index (χ3v) is 3.92. The molecule has 1 N–H and O–H groups in total. The summed E-state index contributed by atoms with van der Waals surface area (Å²) in [5.74, 6) is 0.935. The second-order valence-electron chi connectivity index (χ2n) is 5.37. The van der Waals surface area contributed by atoms with Gasteiger partial charge in [0.2, 0.25) is 0 Å². The Morgan fingerprint density at radius 2 is 1.61 bits per heavy atom. The van der Waals surface area contributed by atoms with E-state index in [9.17, 15) is 0 Å². The lowest BCUT2D eigenvalue weighted by molar-refractivity contribution is 0.0333. The van der Waals surface area contributed by atoms with E-state index in [4.69, 9.17) is 4.74 Å². The van der Waals surface area contributed by atoms with Crippen molar-refractivity contribution in [2.45, 2.75) is 70.3 Å². The largest absolute Gasteiger partial charge is 0.378 e. The molecule has 0 spiro atoms. The third kappa shape index (κ3) is 9.23. The topological polar surface area (TPSA) is 21.3 Å². The zero-order valence-corrected chi connectivity index (χ0v) is 12.7. The van der Waals surface area contributed by atoms with Crippen LogP contribution in [0.1, 0.15) is 64.2 Å². The monoisotopic (exact) mass is 273 g/mol. The smallest absolute Gasteiger partial charge is 0.0575 e. The van der Waals surface area contributed by atoms with Crippen LogP contribution in [0.15, 0.2) is 0 Å². The molecule has 0 bridgehead atoms. The molecular formula is C15H31NOS. The first-order chi connectivity index (χ1) is 8.93. The summed E-state index contributed by atoms with van der Waals surface area (Å²) in [5, 5.41) is 3.37. The highest BCUT2D eigenvalue weighted by Crippen LogP contribution is 2.19. The molecule has 0 unspecified atom stereocenters. The number of unbranched alkanes of at least 4 members (excludes halogenated alkanes) is 2. The average molecular weight is 273 g/mol. The number of thiol groups is 1. The molecule has 0 heterocycles. The Bertz CT molecular complexity index is 170. The van der Waals surface area contributed by atoms with Crippen molar-refractivity contribution in [2.24, 2.45) is 0 Å². The van der Waals surface area contributed by atoms with Gasteiger partial charge in [0.05, 0.1) is 6.10 Å². The molecule has 108 valence electrons. The van der Waals surface area contributed by atoms with Crippen molar-refractivity contribution >= 4 is 12.6 Å². The average Bonchev–Trinajstić information content (AvgIpc) is 2.34. The highest BCUT2D eigenvalue weighted by atomic mass is 32.1. The Kier molecular flexibility index (Phi) is 11.2. The van der Waals surface area contributed by atoms with Crippen molar-refractivity contribution in [1.82, 2.24) is 5.32 Å². The lowest BCUT2D eigenvalue weighted by Gasteiger charge is -2.20. The molecule has 1 saturated carbocycles. The molecule has 0 aliphatic heterocycles. The van der Waals surface area contributed by atoms with Gasteiger partial charge in [-0.15, -0.1) is 0 Å². The first-order valence-electron chi connectivity index (χ1n) is 7.86. The Balaban J connectivity index is 1.86. The van der Waals surface area contributed by atoms with Crippen LogP contribution in [0.5, 0.6) is 0 Å². The predicted octanol–water partition coefficient (Wildman–Crippen LogP) is 3.81. The summed E-state index contributed by atoms with van der Waals surface area (Å²) < 4.78 is 6.01. The van der Waals surface area contributed by atoms with E-state index in [1.54, 1.807) is 0 Å². The summed E-state index contributed by atoms with van der Waals surface area (Å²) in [6, 6.07) is 0. The molecule has 1 aliphatic rings. The van der Waals surface area contributed by atoms with Crippen molar-refractivity contribution in [1.29, 1.82) is 0 Å². The van der Waals surface area contributed by atoms with Gasteiger partial charge >= 0.3 is 0 Å². The molecule has 3 heteroatoms. The summed E-state index contributed by atoms with van der Waals surface area (Å²) in [4.78, 5) is 0. The van der Waals surface area contributed by atoms with Crippen LogP contribution in [0.25, 0.3) is 0 Å². The molecule has 1 fully saturated rings. The van der Waals surface area contributed by atoms with E-state index in [0.717, 1.165) is 25.4 Å². The van der Waals surface area contributed by atoms with Crippen LogP contribution in [-0.2, 0) is 4.74 Å². The van der Waals surface area contributed by atoms with Crippen LogP contribution in [0.2, 0.25) is 0 Å². The van der Waals surface area contributed by atoms with Gasteiger partial charge in [-0.05, 0) is 38.6 Å². The van der Waals surface area contributed by atoms with E-state index in [1.807, 2.05) is 0 Å². The summed E-state index contributed by atoms with van der Waals surface area (Å²) in [6.07, 6.45) is 13.9. The standard InChI is InChI=1S/C15H31NOS/c18-14-12-16-11-7-4-8-13-17-15-9-5-2-1-3-6-10-15/h15-16,18H,1-14H2. The minimum absolute atomic E-state index is 0.563. The fourth-order valence-corrected chi connectivity index (χ4v) is 2.73. The summed E-state index contributed by atoms with van der Waals surface area (Å²) >= 11 is 4.17. The van der Waals surface area contributed by atoms with Gasteiger partial charge in [-0.3, -0.25) is 0 Å². The van der Waals surface area contributed by atoms with Gasteiger partial charge in [0.1, 0.15) is 0 Å². The summed E-state index contributed by atoms with van der Waals surface area (Å²) in [5.41, 5.74) is 0. The lowest BCUT2D eigenvalue weighted by atomic mass is 9.98. The van der Waals surface area contributed by atoms with Gasteiger partial charge in [-0.2, -0.15) is 12.6 Å². The maximum atomic E-state index is 6.01. The SMILES string of the molecule is SCCNCCCCCOC1CCCCCCC1. The van der Waals surface area contributed by atoms with Crippen LogP contribution in [-0.4, -0.2) is 31.6 Å². The van der Waals surface area contributed by atoms with Gasteiger partial charge in [0.25, 0.3) is 0 Å². The molecule has 1 rings (SSSR count). The number of hydrogen-bond acceptors (Lipinski definition) is 3. The maximum absolute atomic E-state index is 6.01. The number of ether oxygens (including phenoxy) is 1. The minimum Gasteiger partial charge on any atom is -0.378 e. The second-order valence-corrected chi connectivity index (χ2v) is 5.82. The fraction of sp³-hybridized carbons (Fsp3) is 1.00. The Morgan fingerprint density at radius 1 is 0.889 bits per heavy atom. The second kappa shape index (κ2) is 12.3. The summed E-state index contributed by atoms with van der Waals surface area (Å²) in [7, 11) is 0. The molecule has 0 saturated heterocycles. The first kappa shape index (κ1) is 16.3. The Morgan fingerprint density at radius 3 is 2.33 bits per heavy atom. The maximum Gasteiger partial charge on any atom is 0.0575 e.